The molecule has 10 heteroatoms. The molecular weight excluding hydrogens is 382 g/mol. The summed E-state index contributed by atoms with van der Waals surface area (Å²) < 4.78 is 0. The Labute approximate surface area is 170 Å². The number of aliphatic carboxylic acids is 1. The van der Waals surface area contributed by atoms with Gasteiger partial charge in [-0.3, -0.25) is 39.0 Å². The van der Waals surface area contributed by atoms with E-state index in [-0.39, 0.29) is 37.1 Å². The van der Waals surface area contributed by atoms with Crippen molar-refractivity contribution < 1.29 is 33.9 Å². The van der Waals surface area contributed by atoms with Crippen molar-refractivity contribution in [2.24, 2.45) is 0 Å². The SMILES string of the molecule is CC.CC.CC(=O)C(CNCCC(=O)O)N1C(=O)C=CC1=O.O=C1C=CC(=O)N1. The number of nitrogens with one attached hydrogen (secondary N) is 2. The molecule has 0 saturated heterocycles. The topological polar surface area (TPSA) is 150 Å². The summed E-state index contributed by atoms with van der Waals surface area (Å²) in [5.41, 5.74) is 0. The van der Waals surface area contributed by atoms with Crippen molar-refractivity contribution >= 4 is 35.4 Å². The van der Waals surface area contributed by atoms with Crippen LogP contribution in [0.4, 0.5) is 0 Å². The summed E-state index contributed by atoms with van der Waals surface area (Å²) in [5, 5.41) is 13.2. The van der Waals surface area contributed by atoms with Crippen LogP contribution in [0.1, 0.15) is 41.0 Å². The molecule has 0 bridgehead atoms. The molecular formula is C19H29N3O7. The van der Waals surface area contributed by atoms with Crippen LogP contribution < -0.4 is 10.6 Å². The molecule has 162 valence electrons. The molecule has 1 atom stereocenters. The zero-order chi connectivity index (χ0) is 23.0. The molecule has 29 heavy (non-hydrogen) atoms. The van der Waals surface area contributed by atoms with Crippen LogP contribution in [0.2, 0.25) is 0 Å². The number of nitrogens with zero attached hydrogens (tertiary/aromatic N) is 1. The zero-order valence-electron chi connectivity index (χ0n) is 17.4. The first-order valence-corrected chi connectivity index (χ1v) is 9.23. The summed E-state index contributed by atoms with van der Waals surface area (Å²) in [6, 6.07) is -0.895. The molecule has 0 aromatic carbocycles. The van der Waals surface area contributed by atoms with Crippen LogP contribution >= 0.6 is 0 Å². The van der Waals surface area contributed by atoms with E-state index in [9.17, 15) is 28.8 Å². The van der Waals surface area contributed by atoms with Gasteiger partial charge in [-0.25, -0.2) is 0 Å². The Kier molecular flexibility index (Phi) is 15.4. The highest BCUT2D eigenvalue weighted by Gasteiger charge is 2.33. The van der Waals surface area contributed by atoms with Crippen molar-refractivity contribution in [1.82, 2.24) is 15.5 Å². The Morgan fingerprint density at radius 2 is 1.41 bits per heavy atom. The van der Waals surface area contributed by atoms with E-state index in [4.69, 9.17) is 5.11 Å². The molecule has 0 saturated carbocycles. The zero-order valence-corrected chi connectivity index (χ0v) is 17.4. The van der Waals surface area contributed by atoms with Gasteiger partial charge < -0.3 is 10.4 Å². The fraction of sp³-hybridized carbons (Fsp3) is 0.474. The Morgan fingerprint density at radius 3 is 1.72 bits per heavy atom. The first kappa shape index (κ1) is 28.1. The molecule has 0 aliphatic carbocycles. The lowest BCUT2D eigenvalue weighted by molar-refractivity contribution is -0.144. The molecule has 3 N–H and O–H groups in total. The smallest absolute Gasteiger partial charge is 0.304 e. The summed E-state index contributed by atoms with van der Waals surface area (Å²) >= 11 is 0. The van der Waals surface area contributed by atoms with Crippen LogP contribution in [-0.2, 0) is 28.8 Å². The lowest BCUT2D eigenvalue weighted by Gasteiger charge is -2.24. The van der Waals surface area contributed by atoms with E-state index >= 15 is 0 Å². The minimum Gasteiger partial charge on any atom is -0.481 e. The van der Waals surface area contributed by atoms with Gasteiger partial charge in [0.1, 0.15) is 6.04 Å². The summed E-state index contributed by atoms with van der Waals surface area (Å²) in [5.74, 6) is -3.00. The highest BCUT2D eigenvalue weighted by Crippen LogP contribution is 2.09. The molecule has 1 unspecified atom stereocenters. The molecule has 0 spiro atoms. The number of carboxylic acids is 1. The molecule has 2 aliphatic heterocycles. The third-order valence-corrected chi connectivity index (χ3v) is 3.11. The predicted octanol–water partition coefficient (Wildman–Crippen LogP) is 0.185. The first-order chi connectivity index (χ1) is 13.7. The van der Waals surface area contributed by atoms with Crippen LogP contribution in [0.15, 0.2) is 24.3 Å². The summed E-state index contributed by atoms with van der Waals surface area (Å²) in [4.78, 5) is 65.5. The van der Waals surface area contributed by atoms with E-state index in [0.717, 1.165) is 17.1 Å². The molecule has 4 amide bonds. The lowest BCUT2D eigenvalue weighted by Crippen LogP contribution is -2.49. The fourth-order valence-electron chi connectivity index (χ4n) is 1.93. The number of amides is 4. The summed E-state index contributed by atoms with van der Waals surface area (Å²) in [6.07, 6.45) is 4.51. The predicted molar refractivity (Wildman–Crippen MR) is 106 cm³/mol. The number of hydrogen-bond donors (Lipinski definition) is 3. The first-order valence-electron chi connectivity index (χ1n) is 9.23. The maximum atomic E-state index is 11.4. The second-order valence-electron chi connectivity index (χ2n) is 5.04. The monoisotopic (exact) mass is 411 g/mol. The van der Waals surface area contributed by atoms with Gasteiger partial charge in [0.2, 0.25) is 0 Å². The second-order valence-corrected chi connectivity index (χ2v) is 5.04. The maximum absolute atomic E-state index is 11.4. The highest BCUT2D eigenvalue weighted by atomic mass is 16.4. The maximum Gasteiger partial charge on any atom is 0.304 e. The number of carboxylic acid groups (broad SMARTS) is 1. The molecule has 0 aromatic heterocycles. The average Bonchev–Trinajstić information content (AvgIpc) is 3.23. The number of rotatable bonds is 7. The standard InChI is InChI=1S/C11H14N2O5.C4H3NO2.2C2H6/c1-7(14)8(6-12-5-4-11(17)18)13-9(15)2-3-10(13)16;6-3-1-2-4(7)5-3;2*1-2/h2-3,8,12H,4-6H2,1H3,(H,17,18);1-2H,(H,5,6,7);2*1-2H3. The van der Waals surface area contributed by atoms with Gasteiger partial charge in [-0.05, 0) is 6.92 Å². The molecule has 0 fully saturated rings. The average molecular weight is 411 g/mol. The fourth-order valence-corrected chi connectivity index (χ4v) is 1.93. The normalized spacial score (nSPS) is 14.7. The van der Waals surface area contributed by atoms with E-state index < -0.39 is 23.8 Å². The molecule has 2 rings (SSSR count). The van der Waals surface area contributed by atoms with E-state index in [1.165, 1.54) is 19.1 Å². The molecule has 2 heterocycles. The number of ketones is 1. The van der Waals surface area contributed by atoms with Gasteiger partial charge in [-0.2, -0.15) is 0 Å². The van der Waals surface area contributed by atoms with Gasteiger partial charge in [0.05, 0.1) is 6.42 Å². The largest absolute Gasteiger partial charge is 0.481 e. The molecule has 0 aromatic rings. The number of Topliss-reactive ketones (excluding diaryl/α,β-unsaturated/α-hetero) is 1. The minimum atomic E-state index is -0.961. The van der Waals surface area contributed by atoms with Crippen LogP contribution in [0.5, 0.6) is 0 Å². The van der Waals surface area contributed by atoms with Gasteiger partial charge in [0.15, 0.2) is 5.78 Å². The van der Waals surface area contributed by atoms with Crippen LogP contribution in [0.3, 0.4) is 0 Å². The van der Waals surface area contributed by atoms with Gasteiger partial charge in [-0.15, -0.1) is 0 Å². The van der Waals surface area contributed by atoms with Crippen molar-refractivity contribution in [3.05, 3.63) is 24.3 Å². The number of carbonyl (C=O) groups is 6. The molecule has 2 aliphatic rings. The second kappa shape index (κ2) is 15.9. The van der Waals surface area contributed by atoms with Crippen LogP contribution in [-0.4, -0.2) is 64.5 Å². The van der Waals surface area contributed by atoms with E-state index in [1.807, 2.05) is 33.0 Å². The van der Waals surface area contributed by atoms with Crippen molar-refractivity contribution in [2.45, 2.75) is 47.1 Å². The van der Waals surface area contributed by atoms with Crippen molar-refractivity contribution in [3.63, 3.8) is 0 Å². The van der Waals surface area contributed by atoms with Crippen molar-refractivity contribution in [1.29, 1.82) is 0 Å². The number of imide groups is 2. The van der Waals surface area contributed by atoms with Gasteiger partial charge >= 0.3 is 5.97 Å². The van der Waals surface area contributed by atoms with Crippen LogP contribution in [0, 0.1) is 0 Å². The Balaban J connectivity index is 0. The summed E-state index contributed by atoms with van der Waals surface area (Å²) in [6.45, 7) is 9.51. The molecule has 0 radical (unpaired) electrons. The van der Waals surface area contributed by atoms with Crippen molar-refractivity contribution in [3.8, 4) is 0 Å². The van der Waals surface area contributed by atoms with E-state index in [2.05, 4.69) is 5.32 Å². The number of hydrogen-bond acceptors (Lipinski definition) is 7. The summed E-state index contributed by atoms with van der Waals surface area (Å²) in [7, 11) is 0. The minimum absolute atomic E-state index is 0.0573. The highest BCUT2D eigenvalue weighted by molar-refractivity contribution is 6.15. The Morgan fingerprint density at radius 1 is 0.966 bits per heavy atom. The molecule has 10 nitrogen and oxygen atoms in total. The van der Waals surface area contributed by atoms with E-state index in [1.54, 1.807) is 0 Å². The van der Waals surface area contributed by atoms with Crippen molar-refractivity contribution in [2.75, 3.05) is 13.1 Å². The lowest BCUT2D eigenvalue weighted by atomic mass is 10.1. The quantitative estimate of drug-likeness (QED) is 0.397. The third-order valence-electron chi connectivity index (χ3n) is 3.11. The van der Waals surface area contributed by atoms with Gasteiger partial charge in [0, 0.05) is 37.4 Å². The van der Waals surface area contributed by atoms with E-state index in [0.29, 0.717) is 0 Å². The third kappa shape index (κ3) is 11.3. The Hall–Kier alpha value is -3.14. The van der Waals surface area contributed by atoms with Gasteiger partial charge in [-0.1, -0.05) is 27.7 Å². The van der Waals surface area contributed by atoms with Gasteiger partial charge in [0.25, 0.3) is 23.6 Å². The number of carbonyl (C=O) groups excluding carboxylic acids is 5. The van der Waals surface area contributed by atoms with Crippen LogP contribution in [0.25, 0.3) is 0 Å². The Bertz CT molecular complexity index is 635.